The second-order valence-electron chi connectivity index (χ2n) is 8.26. The first-order chi connectivity index (χ1) is 16.4. The molecule has 0 aliphatic heterocycles. The van der Waals surface area contributed by atoms with Gasteiger partial charge in [-0.25, -0.2) is 19.0 Å². The van der Waals surface area contributed by atoms with Gasteiger partial charge in [0.25, 0.3) is 5.88 Å². The standard InChI is InChI=1S/C21H21BrClFN6O5/c1-11(26-20(32)34-21(2,3)4)7-17(31)35-30-28-18(27-29-30)14-6-5-13(9-15(14)22)33-19-16(24)8-12(23)10-25-19/h5-6,8-11H,7H2,1-4H3,(H,26,32)/t11-/m0/s1. The second-order valence-corrected chi connectivity index (χ2v) is 9.56. The molecule has 186 valence electrons. The van der Waals surface area contributed by atoms with Crippen LogP contribution in [0.4, 0.5) is 9.18 Å². The normalized spacial score (nSPS) is 12.1. The van der Waals surface area contributed by atoms with E-state index >= 15 is 0 Å². The van der Waals surface area contributed by atoms with Crippen LogP contribution in [0.25, 0.3) is 11.4 Å². The number of nitrogens with zero attached hydrogens (tertiary/aromatic N) is 5. The minimum Gasteiger partial charge on any atom is -0.444 e. The van der Waals surface area contributed by atoms with Gasteiger partial charge in [-0.2, -0.15) is 0 Å². The first kappa shape index (κ1) is 26.3. The molecule has 0 spiro atoms. The third-order valence-electron chi connectivity index (χ3n) is 3.99. The summed E-state index contributed by atoms with van der Waals surface area (Å²) in [7, 11) is 0. The SMILES string of the molecule is C[C@@H](CC(=O)On1nnc(-c2ccc(Oc3ncc(Cl)cc3F)cc2Br)n1)NC(=O)OC(C)(C)C. The number of aromatic nitrogens is 5. The number of pyridine rings is 1. The zero-order valence-electron chi connectivity index (χ0n) is 19.1. The van der Waals surface area contributed by atoms with Crippen LogP contribution in [0, 0.1) is 5.82 Å². The van der Waals surface area contributed by atoms with Crippen molar-refractivity contribution >= 4 is 39.6 Å². The van der Waals surface area contributed by atoms with Gasteiger partial charge >= 0.3 is 12.1 Å². The van der Waals surface area contributed by atoms with Crippen molar-refractivity contribution in [2.24, 2.45) is 0 Å². The van der Waals surface area contributed by atoms with Crippen LogP contribution < -0.4 is 14.9 Å². The molecule has 1 atom stereocenters. The van der Waals surface area contributed by atoms with Gasteiger partial charge in [0.1, 0.15) is 11.4 Å². The maximum atomic E-state index is 13.9. The minimum atomic E-state index is -0.709. The van der Waals surface area contributed by atoms with Gasteiger partial charge < -0.3 is 19.6 Å². The molecule has 0 bridgehead atoms. The molecular weight excluding hydrogens is 551 g/mol. The fraction of sp³-hybridized carbons (Fsp3) is 0.333. The van der Waals surface area contributed by atoms with Crippen LogP contribution in [-0.4, -0.2) is 49.1 Å². The molecule has 0 fully saturated rings. The number of benzene rings is 1. The zero-order chi connectivity index (χ0) is 25.8. The number of carbonyl (C=O) groups is 2. The Kier molecular flexibility index (Phi) is 8.22. The molecule has 35 heavy (non-hydrogen) atoms. The van der Waals surface area contributed by atoms with Crippen LogP contribution in [0.5, 0.6) is 11.6 Å². The van der Waals surface area contributed by atoms with E-state index in [4.69, 9.17) is 25.9 Å². The number of amides is 1. The Bertz CT molecular complexity index is 1240. The zero-order valence-corrected chi connectivity index (χ0v) is 21.4. The number of nitrogens with one attached hydrogen (secondary N) is 1. The van der Waals surface area contributed by atoms with Crippen molar-refractivity contribution in [1.82, 2.24) is 30.7 Å². The van der Waals surface area contributed by atoms with E-state index in [1.54, 1.807) is 45.9 Å². The molecule has 1 N–H and O–H groups in total. The van der Waals surface area contributed by atoms with Crippen molar-refractivity contribution in [2.45, 2.75) is 45.8 Å². The summed E-state index contributed by atoms with van der Waals surface area (Å²) < 4.78 is 25.0. The lowest BCUT2D eigenvalue weighted by Gasteiger charge is -2.21. The number of rotatable bonds is 7. The van der Waals surface area contributed by atoms with E-state index in [2.05, 4.69) is 41.6 Å². The second kappa shape index (κ2) is 11.0. The van der Waals surface area contributed by atoms with E-state index in [1.165, 1.54) is 6.20 Å². The van der Waals surface area contributed by atoms with Crippen molar-refractivity contribution in [3.63, 3.8) is 0 Å². The predicted molar refractivity (Wildman–Crippen MR) is 125 cm³/mol. The first-order valence-corrected chi connectivity index (χ1v) is 11.4. The van der Waals surface area contributed by atoms with Gasteiger partial charge in [0, 0.05) is 27.2 Å². The number of alkyl carbamates (subject to hydrolysis) is 1. The maximum Gasteiger partial charge on any atom is 0.407 e. The number of ether oxygens (including phenoxy) is 2. The van der Waals surface area contributed by atoms with Crippen LogP contribution in [0.2, 0.25) is 5.02 Å². The minimum absolute atomic E-state index is 0.145. The first-order valence-electron chi connectivity index (χ1n) is 10.2. The summed E-state index contributed by atoms with van der Waals surface area (Å²) in [5.74, 6) is -1.20. The summed E-state index contributed by atoms with van der Waals surface area (Å²) in [6, 6.07) is 5.24. The van der Waals surface area contributed by atoms with Crippen molar-refractivity contribution in [3.8, 4) is 23.0 Å². The van der Waals surface area contributed by atoms with Crippen LogP contribution in [0.15, 0.2) is 34.9 Å². The fourth-order valence-corrected chi connectivity index (χ4v) is 3.30. The number of hydrogen-bond acceptors (Lipinski definition) is 9. The van der Waals surface area contributed by atoms with E-state index in [0.717, 1.165) is 6.07 Å². The third-order valence-corrected chi connectivity index (χ3v) is 4.85. The van der Waals surface area contributed by atoms with E-state index in [9.17, 15) is 14.0 Å². The number of carbonyl (C=O) groups excluding carboxylic acids is 2. The Morgan fingerprint density at radius 1 is 1.29 bits per heavy atom. The van der Waals surface area contributed by atoms with E-state index < -0.39 is 29.5 Å². The summed E-state index contributed by atoms with van der Waals surface area (Å²) in [5.41, 5.74) is -0.156. The molecule has 0 aliphatic rings. The van der Waals surface area contributed by atoms with Gasteiger partial charge in [0.15, 0.2) is 5.82 Å². The van der Waals surface area contributed by atoms with Crippen molar-refractivity contribution < 1.29 is 28.3 Å². The summed E-state index contributed by atoms with van der Waals surface area (Å²) in [6.07, 6.45) is 0.466. The van der Waals surface area contributed by atoms with Crippen molar-refractivity contribution in [2.75, 3.05) is 0 Å². The summed E-state index contributed by atoms with van der Waals surface area (Å²) in [5, 5.41) is 14.3. The Morgan fingerprint density at radius 2 is 2.03 bits per heavy atom. The molecule has 0 aliphatic carbocycles. The molecule has 0 radical (unpaired) electrons. The van der Waals surface area contributed by atoms with E-state index in [-0.39, 0.29) is 23.1 Å². The lowest BCUT2D eigenvalue weighted by atomic mass is 10.2. The van der Waals surface area contributed by atoms with E-state index in [1.807, 2.05) is 0 Å². The van der Waals surface area contributed by atoms with Gasteiger partial charge in [-0.15, -0.1) is 5.10 Å². The quantitative estimate of drug-likeness (QED) is 0.412. The largest absolute Gasteiger partial charge is 0.444 e. The molecule has 3 aromatic rings. The number of halogens is 3. The summed E-state index contributed by atoms with van der Waals surface area (Å²) in [6.45, 7) is 6.82. The van der Waals surface area contributed by atoms with Gasteiger partial charge in [-0.3, -0.25) is 0 Å². The Hall–Kier alpha value is -3.32. The smallest absolute Gasteiger partial charge is 0.407 e. The van der Waals surface area contributed by atoms with Gasteiger partial charge in [-0.05, 0) is 73.1 Å². The third kappa shape index (κ3) is 7.86. The van der Waals surface area contributed by atoms with Crippen LogP contribution in [-0.2, 0) is 9.53 Å². The van der Waals surface area contributed by atoms with Gasteiger partial charge in [-0.1, -0.05) is 16.7 Å². The van der Waals surface area contributed by atoms with Crippen LogP contribution >= 0.6 is 27.5 Å². The molecule has 11 nitrogen and oxygen atoms in total. The molecule has 0 saturated heterocycles. The number of hydrogen-bond donors (Lipinski definition) is 1. The predicted octanol–water partition coefficient (Wildman–Crippen LogP) is 4.34. The molecule has 1 aromatic carbocycles. The summed E-state index contributed by atoms with van der Waals surface area (Å²) in [4.78, 5) is 33.5. The van der Waals surface area contributed by atoms with Gasteiger partial charge in [0.2, 0.25) is 5.82 Å². The maximum absolute atomic E-state index is 13.9. The monoisotopic (exact) mass is 570 g/mol. The van der Waals surface area contributed by atoms with Gasteiger partial charge in [0.05, 0.1) is 11.4 Å². The Morgan fingerprint density at radius 3 is 2.69 bits per heavy atom. The lowest BCUT2D eigenvalue weighted by molar-refractivity contribution is -0.148. The van der Waals surface area contributed by atoms with Crippen LogP contribution in [0.3, 0.4) is 0 Å². The average Bonchev–Trinajstić information content (AvgIpc) is 3.16. The molecule has 3 rings (SSSR count). The Balaban J connectivity index is 1.59. The van der Waals surface area contributed by atoms with Crippen molar-refractivity contribution in [3.05, 3.63) is 45.8 Å². The Labute approximate surface area is 213 Å². The molecule has 1 amide bonds. The highest BCUT2D eigenvalue weighted by atomic mass is 79.9. The highest BCUT2D eigenvalue weighted by molar-refractivity contribution is 9.10. The molecule has 14 heteroatoms. The highest BCUT2D eigenvalue weighted by Crippen LogP contribution is 2.32. The highest BCUT2D eigenvalue weighted by Gasteiger charge is 2.20. The summed E-state index contributed by atoms with van der Waals surface area (Å²) >= 11 is 9.06. The average molecular weight is 572 g/mol. The van der Waals surface area contributed by atoms with Crippen LogP contribution in [0.1, 0.15) is 34.1 Å². The molecule has 0 saturated carbocycles. The van der Waals surface area contributed by atoms with Crippen molar-refractivity contribution in [1.29, 1.82) is 0 Å². The molecule has 2 aromatic heterocycles. The topological polar surface area (TPSA) is 130 Å². The molecule has 0 unspecified atom stereocenters. The lowest BCUT2D eigenvalue weighted by Crippen LogP contribution is -2.39. The van der Waals surface area contributed by atoms with E-state index in [0.29, 0.717) is 20.7 Å². The molecular formula is C21H21BrClFN6O5. The molecule has 2 heterocycles. The number of tetrazole rings is 1. The fourth-order valence-electron chi connectivity index (χ4n) is 2.62.